The van der Waals surface area contributed by atoms with Crippen LogP contribution in [0.2, 0.25) is 5.02 Å². The average Bonchev–Trinajstić information content (AvgIpc) is 3.53. The van der Waals surface area contributed by atoms with Crippen molar-refractivity contribution in [3.05, 3.63) is 107 Å². The number of carbonyl (C=O) groups is 1. The summed E-state index contributed by atoms with van der Waals surface area (Å²) >= 11 is 6.78. The van der Waals surface area contributed by atoms with Crippen LogP contribution in [0.15, 0.2) is 79.1 Å². The number of anilines is 3. The minimum absolute atomic E-state index is 0.0202. The van der Waals surface area contributed by atoms with Crippen molar-refractivity contribution in [1.82, 2.24) is 20.4 Å². The Bertz CT molecular complexity index is 1720. The number of hydrogen-bond donors (Lipinski definition) is 3. The first kappa shape index (κ1) is 27.6. The van der Waals surface area contributed by atoms with Crippen molar-refractivity contribution >= 4 is 45.5 Å². The van der Waals surface area contributed by atoms with Crippen LogP contribution in [0.25, 0.3) is 10.9 Å². The molecule has 5 rings (SSSR count). The van der Waals surface area contributed by atoms with Crippen LogP contribution >= 0.6 is 11.6 Å². The number of H-pyrrole nitrogens is 1. The number of hydrogen-bond acceptors (Lipinski definition) is 7. The molecule has 2 unspecified atom stereocenters. The number of nitriles is 1. The second-order valence-electron chi connectivity index (χ2n) is 9.67. The lowest BCUT2D eigenvalue weighted by atomic mass is 10.0. The predicted molar refractivity (Wildman–Crippen MR) is 162 cm³/mol. The molecule has 2 aromatic heterocycles. The lowest BCUT2D eigenvalue weighted by Gasteiger charge is -2.23. The van der Waals surface area contributed by atoms with Crippen LogP contribution in [0.3, 0.4) is 0 Å². The highest BCUT2D eigenvalue weighted by atomic mass is 35.5. The molecule has 10 heteroatoms. The summed E-state index contributed by atoms with van der Waals surface area (Å²) in [6, 6.07) is 23.4. The van der Waals surface area contributed by atoms with Crippen LogP contribution in [0.1, 0.15) is 54.7 Å². The van der Waals surface area contributed by atoms with Crippen molar-refractivity contribution in [3.63, 3.8) is 0 Å². The molecule has 9 nitrogen and oxygen atoms in total. The summed E-state index contributed by atoms with van der Waals surface area (Å²) in [6.45, 7) is 3.62. The Labute approximate surface area is 243 Å². The van der Waals surface area contributed by atoms with Crippen molar-refractivity contribution in [2.75, 3.05) is 22.6 Å². The lowest BCUT2D eigenvalue weighted by Crippen LogP contribution is -2.23. The minimum Gasteiger partial charge on any atom is -0.377 e. The first-order chi connectivity index (χ1) is 19.9. The molecule has 206 valence electrons. The number of rotatable bonds is 9. The zero-order valence-corrected chi connectivity index (χ0v) is 23.6. The van der Waals surface area contributed by atoms with E-state index in [1.165, 1.54) is 6.92 Å². The zero-order chi connectivity index (χ0) is 28.9. The summed E-state index contributed by atoms with van der Waals surface area (Å²) in [5, 5.41) is 29.3. The first-order valence-corrected chi connectivity index (χ1v) is 13.6. The standard InChI is InChI=1S/C31H29ClN8O/c1-4-27(20-9-6-5-7-10-20)37-29-22(16-33)17-34-31-25(29)14-23(15-26(31)32)36-30(28-18-35-39-38-28)21-11-8-12-24(13-21)40(3)19(2)41/h5-15,17-18,27,30,36H,4H2,1-3H3,(H,34,37)(H,35,38,39). The second kappa shape index (κ2) is 12.1. The molecular formula is C31H29ClN8O. The number of benzene rings is 3. The topological polar surface area (TPSA) is 123 Å². The number of aromatic nitrogens is 4. The number of carbonyl (C=O) groups excluding carboxylic acids is 1. The van der Waals surface area contributed by atoms with Gasteiger partial charge in [0, 0.05) is 36.9 Å². The van der Waals surface area contributed by atoms with Crippen LogP contribution in [0.5, 0.6) is 0 Å². The molecular weight excluding hydrogens is 536 g/mol. The summed E-state index contributed by atoms with van der Waals surface area (Å²) in [5.74, 6) is -0.0730. The molecule has 3 aromatic carbocycles. The van der Waals surface area contributed by atoms with E-state index in [-0.39, 0.29) is 11.9 Å². The number of fused-ring (bicyclic) bond motifs is 1. The molecule has 0 fully saturated rings. The van der Waals surface area contributed by atoms with Crippen molar-refractivity contribution in [1.29, 1.82) is 5.26 Å². The van der Waals surface area contributed by atoms with Gasteiger partial charge in [-0.3, -0.25) is 9.78 Å². The smallest absolute Gasteiger partial charge is 0.223 e. The van der Waals surface area contributed by atoms with Crippen molar-refractivity contribution in [2.45, 2.75) is 32.4 Å². The van der Waals surface area contributed by atoms with E-state index in [0.717, 1.165) is 28.6 Å². The van der Waals surface area contributed by atoms with Gasteiger partial charge < -0.3 is 15.5 Å². The molecule has 0 bridgehead atoms. The van der Waals surface area contributed by atoms with Gasteiger partial charge in [-0.25, -0.2) is 0 Å². The van der Waals surface area contributed by atoms with E-state index in [9.17, 15) is 10.1 Å². The van der Waals surface area contributed by atoms with Crippen molar-refractivity contribution < 1.29 is 4.79 Å². The molecule has 2 atom stereocenters. The van der Waals surface area contributed by atoms with E-state index in [1.807, 2.05) is 48.5 Å². The fraction of sp³-hybridized carbons (Fsp3) is 0.194. The SMILES string of the molecule is CCC(Nc1c(C#N)cnc2c(Cl)cc(NC(c3cccc(N(C)C(C)=O)c3)c3cn[nH]n3)cc12)c1ccccc1. The first-order valence-electron chi connectivity index (χ1n) is 13.2. The van der Waals surface area contributed by atoms with E-state index in [2.05, 4.69) is 56.2 Å². The number of pyridine rings is 1. The normalized spacial score (nSPS) is 12.4. The molecule has 0 aliphatic carbocycles. The molecule has 0 aliphatic heterocycles. The highest BCUT2D eigenvalue weighted by Crippen LogP contribution is 2.37. The number of nitrogens with one attached hydrogen (secondary N) is 3. The quantitative estimate of drug-likeness (QED) is 0.184. The third kappa shape index (κ3) is 5.83. The maximum absolute atomic E-state index is 12.0. The fourth-order valence-corrected chi connectivity index (χ4v) is 5.07. The number of amides is 1. The molecule has 0 spiro atoms. The van der Waals surface area contributed by atoms with Gasteiger partial charge in [0.15, 0.2) is 0 Å². The van der Waals surface area contributed by atoms with Gasteiger partial charge in [0.05, 0.1) is 40.1 Å². The van der Waals surface area contributed by atoms with Gasteiger partial charge in [-0.2, -0.15) is 20.7 Å². The Balaban J connectivity index is 1.59. The van der Waals surface area contributed by atoms with Gasteiger partial charge >= 0.3 is 0 Å². The molecule has 2 heterocycles. The van der Waals surface area contributed by atoms with E-state index < -0.39 is 6.04 Å². The highest BCUT2D eigenvalue weighted by molar-refractivity contribution is 6.35. The van der Waals surface area contributed by atoms with Crippen molar-refractivity contribution in [2.24, 2.45) is 0 Å². The summed E-state index contributed by atoms with van der Waals surface area (Å²) in [5.41, 5.74) is 5.78. The Kier molecular flexibility index (Phi) is 8.13. The molecule has 3 N–H and O–H groups in total. The Morgan fingerprint density at radius 1 is 1.07 bits per heavy atom. The molecule has 0 aliphatic rings. The molecule has 0 saturated heterocycles. The van der Waals surface area contributed by atoms with E-state index in [0.29, 0.717) is 33.2 Å². The fourth-order valence-electron chi connectivity index (χ4n) is 4.80. The summed E-state index contributed by atoms with van der Waals surface area (Å²) < 4.78 is 0. The van der Waals surface area contributed by atoms with Crippen LogP contribution in [0, 0.1) is 11.3 Å². The average molecular weight is 565 g/mol. The summed E-state index contributed by atoms with van der Waals surface area (Å²) in [4.78, 5) is 18.1. The second-order valence-corrected chi connectivity index (χ2v) is 10.1. The van der Waals surface area contributed by atoms with Gasteiger partial charge in [-0.05, 0) is 41.8 Å². The van der Waals surface area contributed by atoms with Crippen LogP contribution in [-0.4, -0.2) is 33.3 Å². The lowest BCUT2D eigenvalue weighted by molar-refractivity contribution is -0.116. The maximum Gasteiger partial charge on any atom is 0.223 e. The Hall–Kier alpha value is -4.94. The number of aromatic amines is 1. The van der Waals surface area contributed by atoms with Crippen molar-refractivity contribution in [3.8, 4) is 6.07 Å². The molecule has 0 saturated carbocycles. The van der Waals surface area contributed by atoms with Gasteiger partial charge in [0.25, 0.3) is 0 Å². The zero-order valence-electron chi connectivity index (χ0n) is 22.9. The number of halogens is 1. The number of nitrogens with zero attached hydrogens (tertiary/aromatic N) is 5. The molecule has 1 amide bonds. The summed E-state index contributed by atoms with van der Waals surface area (Å²) in [7, 11) is 1.73. The predicted octanol–water partition coefficient (Wildman–Crippen LogP) is 6.63. The maximum atomic E-state index is 12.0. The van der Waals surface area contributed by atoms with Crippen LogP contribution in [0.4, 0.5) is 17.1 Å². The molecule has 41 heavy (non-hydrogen) atoms. The van der Waals surface area contributed by atoms with E-state index in [1.54, 1.807) is 30.4 Å². The van der Waals surface area contributed by atoms with E-state index >= 15 is 0 Å². The van der Waals surface area contributed by atoms with Gasteiger partial charge in [0.2, 0.25) is 5.91 Å². The highest BCUT2D eigenvalue weighted by Gasteiger charge is 2.21. The van der Waals surface area contributed by atoms with Crippen LogP contribution in [-0.2, 0) is 4.79 Å². The molecule has 5 aromatic rings. The van der Waals surface area contributed by atoms with Gasteiger partial charge in [0.1, 0.15) is 11.8 Å². The largest absolute Gasteiger partial charge is 0.377 e. The third-order valence-corrected chi connectivity index (χ3v) is 7.37. The van der Waals surface area contributed by atoms with Crippen LogP contribution < -0.4 is 15.5 Å². The Morgan fingerprint density at radius 2 is 1.85 bits per heavy atom. The van der Waals surface area contributed by atoms with Gasteiger partial charge in [-0.15, -0.1) is 0 Å². The summed E-state index contributed by atoms with van der Waals surface area (Å²) in [6.07, 6.45) is 4.01. The minimum atomic E-state index is -0.418. The third-order valence-electron chi connectivity index (χ3n) is 7.08. The van der Waals surface area contributed by atoms with E-state index in [4.69, 9.17) is 11.6 Å². The molecule has 0 radical (unpaired) electrons. The van der Waals surface area contributed by atoms with Gasteiger partial charge in [-0.1, -0.05) is 61.0 Å². The monoisotopic (exact) mass is 564 g/mol. The Morgan fingerprint density at radius 3 is 2.54 bits per heavy atom.